The van der Waals surface area contributed by atoms with Crippen LogP contribution in [0.5, 0.6) is 0 Å². The topological polar surface area (TPSA) is 29.0 Å². The van der Waals surface area contributed by atoms with E-state index in [1.165, 1.54) is 6.07 Å². The largest absolute Gasteiger partial charge is 0.451 e. The SMILES string of the molecule is FC(F)(F)c1nc(Cl)cc(N(CC2CC2)CC2CC2)n1. The van der Waals surface area contributed by atoms with Crippen molar-refractivity contribution in [3.05, 3.63) is 17.0 Å². The van der Waals surface area contributed by atoms with E-state index in [1.54, 1.807) is 0 Å². The van der Waals surface area contributed by atoms with Crippen molar-refractivity contribution in [1.82, 2.24) is 9.97 Å². The van der Waals surface area contributed by atoms with Gasteiger partial charge in [-0.15, -0.1) is 0 Å². The first-order valence-corrected chi connectivity index (χ1v) is 7.16. The van der Waals surface area contributed by atoms with Crippen LogP contribution in [0.2, 0.25) is 5.15 Å². The van der Waals surface area contributed by atoms with Crippen molar-refractivity contribution < 1.29 is 13.2 Å². The fraction of sp³-hybridized carbons (Fsp3) is 0.692. The molecule has 2 saturated carbocycles. The van der Waals surface area contributed by atoms with Crippen LogP contribution < -0.4 is 4.90 Å². The normalized spacial score (nSPS) is 19.2. The molecule has 0 saturated heterocycles. The molecule has 0 aromatic carbocycles. The maximum absolute atomic E-state index is 12.8. The summed E-state index contributed by atoms with van der Waals surface area (Å²) in [6, 6.07) is 1.43. The summed E-state index contributed by atoms with van der Waals surface area (Å²) in [5.74, 6) is 0.307. The summed E-state index contributed by atoms with van der Waals surface area (Å²) in [7, 11) is 0. The van der Waals surface area contributed by atoms with Gasteiger partial charge in [-0.3, -0.25) is 0 Å². The zero-order valence-corrected chi connectivity index (χ0v) is 11.6. The lowest BCUT2D eigenvalue weighted by atomic mass is 10.3. The minimum Gasteiger partial charge on any atom is -0.356 e. The van der Waals surface area contributed by atoms with Gasteiger partial charge in [-0.1, -0.05) is 11.6 Å². The van der Waals surface area contributed by atoms with Crippen LogP contribution in [0.1, 0.15) is 31.5 Å². The Bertz CT molecular complexity index is 484. The highest BCUT2D eigenvalue weighted by atomic mass is 35.5. The molecule has 1 heterocycles. The van der Waals surface area contributed by atoms with Gasteiger partial charge < -0.3 is 4.90 Å². The first-order chi connectivity index (χ1) is 9.41. The molecular formula is C13H15ClF3N3. The molecule has 1 aromatic heterocycles. The summed E-state index contributed by atoms with van der Waals surface area (Å²) in [6.45, 7) is 1.53. The van der Waals surface area contributed by atoms with Gasteiger partial charge in [0, 0.05) is 19.2 Å². The van der Waals surface area contributed by atoms with Crippen molar-refractivity contribution >= 4 is 17.4 Å². The van der Waals surface area contributed by atoms with Gasteiger partial charge in [0.1, 0.15) is 11.0 Å². The number of halogens is 4. The van der Waals surface area contributed by atoms with Gasteiger partial charge in [0.25, 0.3) is 0 Å². The second kappa shape index (κ2) is 5.06. The molecule has 0 N–H and O–H groups in total. The number of hydrogen-bond acceptors (Lipinski definition) is 3. The molecule has 1 aromatic rings. The summed E-state index contributed by atoms with van der Waals surface area (Å²) in [6.07, 6.45) is 0.0148. The lowest BCUT2D eigenvalue weighted by molar-refractivity contribution is -0.144. The third kappa shape index (κ3) is 3.53. The summed E-state index contributed by atoms with van der Waals surface area (Å²) in [5.41, 5.74) is 0. The van der Waals surface area contributed by atoms with Crippen molar-refractivity contribution in [1.29, 1.82) is 0 Å². The molecule has 2 aliphatic carbocycles. The van der Waals surface area contributed by atoms with Gasteiger partial charge in [-0.05, 0) is 37.5 Å². The standard InChI is InChI=1S/C13H15ClF3N3/c14-10-5-11(19-12(18-10)13(15,16)17)20(6-8-1-2-8)7-9-3-4-9/h5,8-9H,1-4,6-7H2. The third-order valence-corrected chi connectivity index (χ3v) is 3.80. The number of nitrogens with zero attached hydrogens (tertiary/aromatic N) is 3. The van der Waals surface area contributed by atoms with E-state index in [4.69, 9.17) is 11.6 Å². The molecule has 0 unspecified atom stereocenters. The molecule has 2 fully saturated rings. The maximum atomic E-state index is 12.8. The van der Waals surface area contributed by atoms with Crippen molar-refractivity contribution in [2.45, 2.75) is 31.9 Å². The first-order valence-electron chi connectivity index (χ1n) is 6.78. The van der Waals surface area contributed by atoms with Gasteiger partial charge >= 0.3 is 6.18 Å². The van der Waals surface area contributed by atoms with E-state index in [2.05, 4.69) is 9.97 Å². The molecule has 0 amide bonds. The molecule has 2 aliphatic rings. The summed E-state index contributed by atoms with van der Waals surface area (Å²) in [5, 5.41) is -0.154. The number of aromatic nitrogens is 2. The Kier molecular flexibility index (Phi) is 3.52. The number of anilines is 1. The van der Waals surface area contributed by atoms with Gasteiger partial charge in [0.15, 0.2) is 0 Å². The van der Waals surface area contributed by atoms with Gasteiger partial charge in [0.05, 0.1) is 0 Å². The van der Waals surface area contributed by atoms with Crippen molar-refractivity contribution in [2.24, 2.45) is 11.8 Å². The predicted molar refractivity (Wildman–Crippen MR) is 69.7 cm³/mol. The van der Waals surface area contributed by atoms with E-state index in [1.807, 2.05) is 4.90 Å². The van der Waals surface area contributed by atoms with E-state index in [9.17, 15) is 13.2 Å². The second-order valence-electron chi connectivity index (χ2n) is 5.66. The van der Waals surface area contributed by atoms with Gasteiger partial charge in [0.2, 0.25) is 5.82 Å². The molecule has 0 atom stereocenters. The third-order valence-electron chi connectivity index (χ3n) is 3.61. The van der Waals surface area contributed by atoms with Gasteiger partial charge in [-0.25, -0.2) is 9.97 Å². The molecule has 0 spiro atoms. The van der Waals surface area contributed by atoms with E-state index in [0.717, 1.165) is 38.8 Å². The van der Waals surface area contributed by atoms with Crippen LogP contribution in [0.25, 0.3) is 0 Å². The minimum absolute atomic E-state index is 0.154. The highest BCUT2D eigenvalue weighted by Crippen LogP contribution is 2.36. The smallest absolute Gasteiger partial charge is 0.356 e. The Morgan fingerprint density at radius 3 is 2.10 bits per heavy atom. The molecule has 0 radical (unpaired) electrons. The van der Waals surface area contributed by atoms with Crippen LogP contribution in [-0.2, 0) is 6.18 Å². The van der Waals surface area contributed by atoms with Crippen molar-refractivity contribution in [3.8, 4) is 0 Å². The summed E-state index contributed by atoms with van der Waals surface area (Å²) in [4.78, 5) is 8.89. The van der Waals surface area contributed by atoms with Crippen LogP contribution in [0.4, 0.5) is 19.0 Å². The van der Waals surface area contributed by atoms with Crippen LogP contribution in [0.15, 0.2) is 6.07 Å². The van der Waals surface area contributed by atoms with E-state index in [0.29, 0.717) is 17.7 Å². The fourth-order valence-electron chi connectivity index (χ4n) is 2.18. The number of rotatable bonds is 5. The Hall–Kier alpha value is -1.04. The van der Waals surface area contributed by atoms with E-state index in [-0.39, 0.29) is 5.15 Å². The van der Waals surface area contributed by atoms with Crippen LogP contribution >= 0.6 is 11.6 Å². The highest BCUT2D eigenvalue weighted by Gasteiger charge is 2.37. The number of hydrogen-bond donors (Lipinski definition) is 0. The molecule has 7 heteroatoms. The van der Waals surface area contributed by atoms with E-state index < -0.39 is 12.0 Å². The lowest BCUT2D eigenvalue weighted by Gasteiger charge is -2.24. The summed E-state index contributed by atoms with van der Waals surface area (Å²) < 4.78 is 38.3. The molecule has 0 aliphatic heterocycles. The Morgan fingerprint density at radius 2 is 1.65 bits per heavy atom. The van der Waals surface area contributed by atoms with Crippen LogP contribution in [0.3, 0.4) is 0 Å². The molecule has 110 valence electrons. The Labute approximate surface area is 120 Å². The van der Waals surface area contributed by atoms with E-state index >= 15 is 0 Å². The maximum Gasteiger partial charge on any atom is 0.451 e. The summed E-state index contributed by atoms with van der Waals surface area (Å²) >= 11 is 5.73. The quantitative estimate of drug-likeness (QED) is 0.775. The fourth-order valence-corrected chi connectivity index (χ4v) is 2.36. The van der Waals surface area contributed by atoms with Crippen LogP contribution in [-0.4, -0.2) is 23.1 Å². The molecule has 0 bridgehead atoms. The number of alkyl halides is 3. The molecule has 3 nitrogen and oxygen atoms in total. The minimum atomic E-state index is -4.56. The Morgan fingerprint density at radius 1 is 1.10 bits per heavy atom. The lowest BCUT2D eigenvalue weighted by Crippen LogP contribution is -2.30. The highest BCUT2D eigenvalue weighted by molar-refractivity contribution is 6.29. The van der Waals surface area contributed by atoms with Gasteiger partial charge in [-0.2, -0.15) is 13.2 Å². The van der Waals surface area contributed by atoms with Crippen LogP contribution in [0, 0.1) is 11.8 Å². The average molecular weight is 306 g/mol. The zero-order valence-electron chi connectivity index (χ0n) is 10.8. The van der Waals surface area contributed by atoms with Crippen molar-refractivity contribution in [3.63, 3.8) is 0 Å². The molecule has 3 rings (SSSR count). The molecular weight excluding hydrogens is 291 g/mol. The first kappa shape index (κ1) is 13.9. The Balaban J connectivity index is 1.85. The second-order valence-corrected chi connectivity index (χ2v) is 6.05. The average Bonchev–Trinajstić information content (AvgIpc) is 3.21. The molecule has 20 heavy (non-hydrogen) atoms. The monoisotopic (exact) mass is 305 g/mol. The zero-order chi connectivity index (χ0) is 14.3. The van der Waals surface area contributed by atoms with Crippen molar-refractivity contribution in [2.75, 3.05) is 18.0 Å². The predicted octanol–water partition coefficient (Wildman–Crippen LogP) is 3.78.